The van der Waals surface area contributed by atoms with Crippen LogP contribution < -0.4 is 0 Å². The van der Waals surface area contributed by atoms with Crippen LogP contribution in [-0.4, -0.2) is 28.6 Å². The van der Waals surface area contributed by atoms with Gasteiger partial charge in [0.05, 0.1) is 6.10 Å². The molecule has 1 aliphatic heterocycles. The molecular weight excluding hydrogens is 352 g/mol. The van der Waals surface area contributed by atoms with Gasteiger partial charge >= 0.3 is 5.97 Å². The summed E-state index contributed by atoms with van der Waals surface area (Å²) in [5.41, 5.74) is 0.950. The number of fused-ring (bicyclic) bond motifs is 12. The zero-order valence-corrected chi connectivity index (χ0v) is 16.8. The van der Waals surface area contributed by atoms with E-state index in [9.17, 15) is 14.7 Å². The Bertz CT molecular complexity index is 861. The zero-order chi connectivity index (χ0) is 19.2. The lowest BCUT2D eigenvalue weighted by molar-refractivity contribution is -0.197. The van der Waals surface area contributed by atoms with Gasteiger partial charge in [0.2, 0.25) is 0 Å². The van der Waals surface area contributed by atoms with Crippen molar-refractivity contribution < 1.29 is 19.4 Å². The summed E-state index contributed by atoms with van der Waals surface area (Å²) in [5.74, 6) is 4.01. The molecule has 1 spiro atoms. The summed E-state index contributed by atoms with van der Waals surface area (Å²) in [6, 6.07) is 0. The van der Waals surface area contributed by atoms with Gasteiger partial charge in [0, 0.05) is 24.2 Å². The first-order chi connectivity index (χ1) is 13.3. The van der Waals surface area contributed by atoms with Gasteiger partial charge in [-0.2, -0.15) is 0 Å². The van der Waals surface area contributed by atoms with Crippen molar-refractivity contribution >= 4 is 11.8 Å². The molecule has 0 aromatic heterocycles. The Morgan fingerprint density at radius 3 is 2.64 bits per heavy atom. The van der Waals surface area contributed by atoms with Gasteiger partial charge in [-0.1, -0.05) is 19.4 Å². The molecule has 150 valence electrons. The number of hydrogen-bond donors (Lipinski definition) is 1. The van der Waals surface area contributed by atoms with E-state index in [1.54, 1.807) is 0 Å². The van der Waals surface area contributed by atoms with Crippen LogP contribution in [0.15, 0.2) is 11.6 Å². The molecule has 7 rings (SSSR count). The first-order valence-electron chi connectivity index (χ1n) is 11.4. The predicted molar refractivity (Wildman–Crippen MR) is 101 cm³/mol. The molecule has 0 aromatic carbocycles. The number of carbonyl (C=O) groups excluding carboxylic acids is 2. The quantitative estimate of drug-likeness (QED) is 0.653. The number of allylic oxidation sites excluding steroid dienone is 1. The number of esters is 1. The Labute approximate surface area is 166 Å². The normalized spacial score (nSPS) is 62.9. The van der Waals surface area contributed by atoms with Crippen LogP contribution in [0, 0.1) is 52.3 Å². The highest BCUT2D eigenvalue weighted by Gasteiger charge is 2.82. The number of aliphatic hydroxyl groups is 1. The van der Waals surface area contributed by atoms with Crippen molar-refractivity contribution in [3.05, 3.63) is 11.6 Å². The number of ether oxygens (including phenoxy) is 1. The van der Waals surface area contributed by atoms with E-state index in [1.807, 2.05) is 6.08 Å². The van der Waals surface area contributed by atoms with Gasteiger partial charge in [-0.05, 0) is 79.1 Å². The third-order valence-corrected chi connectivity index (χ3v) is 10.8. The Balaban J connectivity index is 1.36. The molecule has 1 saturated heterocycles. The van der Waals surface area contributed by atoms with Gasteiger partial charge in [0.1, 0.15) is 5.60 Å². The summed E-state index contributed by atoms with van der Waals surface area (Å²) < 4.78 is 6.15. The lowest BCUT2D eigenvalue weighted by atomic mass is 9.44. The van der Waals surface area contributed by atoms with Gasteiger partial charge < -0.3 is 9.84 Å². The van der Waals surface area contributed by atoms with E-state index < -0.39 is 0 Å². The van der Waals surface area contributed by atoms with Crippen molar-refractivity contribution in [3.8, 4) is 0 Å². The van der Waals surface area contributed by atoms with E-state index >= 15 is 0 Å². The van der Waals surface area contributed by atoms with E-state index in [0.29, 0.717) is 48.3 Å². The lowest BCUT2D eigenvalue weighted by Crippen LogP contribution is -2.62. The average molecular weight is 383 g/mol. The van der Waals surface area contributed by atoms with Crippen LogP contribution in [0.1, 0.15) is 58.8 Å². The van der Waals surface area contributed by atoms with Crippen molar-refractivity contribution in [3.63, 3.8) is 0 Å². The van der Waals surface area contributed by atoms with E-state index in [4.69, 9.17) is 4.74 Å². The standard InChI is InChI=1S/C24H30O4/c1-22-5-3-11(25)7-15(22)12-8-13(12)19-20-14-9-16(14)24(6-4-18(27)28-24)23(20,2)10-17(26)21(19)22/h7,12-14,16-17,19-21,26H,3-6,8-10H2,1-2H3/t12-,13+,14-,16+,17-,19+,20+,21+,22+,23+,24+/m1/s1. The average Bonchev–Trinajstić information content (AvgIpc) is 3.53. The minimum Gasteiger partial charge on any atom is -0.458 e. The Hall–Kier alpha value is -1.16. The monoisotopic (exact) mass is 382 g/mol. The van der Waals surface area contributed by atoms with E-state index in [0.717, 1.165) is 19.3 Å². The number of rotatable bonds is 0. The fraction of sp³-hybridized carbons (Fsp3) is 0.833. The van der Waals surface area contributed by atoms with Gasteiger partial charge in [0.15, 0.2) is 5.78 Å². The first kappa shape index (κ1) is 16.6. The van der Waals surface area contributed by atoms with Crippen LogP contribution in [0.5, 0.6) is 0 Å². The molecule has 1 heterocycles. The van der Waals surface area contributed by atoms with Crippen LogP contribution in [0.2, 0.25) is 0 Å². The number of hydrogen-bond acceptors (Lipinski definition) is 4. The van der Waals surface area contributed by atoms with Gasteiger partial charge in [-0.15, -0.1) is 0 Å². The lowest BCUT2D eigenvalue weighted by Gasteiger charge is -2.61. The largest absolute Gasteiger partial charge is 0.458 e. The number of aliphatic hydroxyl groups excluding tert-OH is 1. The third kappa shape index (κ3) is 1.60. The van der Waals surface area contributed by atoms with E-state index in [1.165, 1.54) is 18.4 Å². The maximum Gasteiger partial charge on any atom is 0.306 e. The summed E-state index contributed by atoms with van der Waals surface area (Å²) in [6.07, 6.45) is 7.70. The Morgan fingerprint density at radius 2 is 1.89 bits per heavy atom. The molecule has 4 nitrogen and oxygen atoms in total. The van der Waals surface area contributed by atoms with Crippen LogP contribution in [0.3, 0.4) is 0 Å². The van der Waals surface area contributed by atoms with Crippen molar-refractivity contribution in [1.29, 1.82) is 0 Å². The fourth-order valence-corrected chi connectivity index (χ4v) is 9.85. The smallest absolute Gasteiger partial charge is 0.306 e. The maximum absolute atomic E-state index is 12.2. The van der Waals surface area contributed by atoms with Crippen LogP contribution in [0.25, 0.3) is 0 Å². The van der Waals surface area contributed by atoms with E-state index in [2.05, 4.69) is 13.8 Å². The summed E-state index contributed by atoms with van der Waals surface area (Å²) in [4.78, 5) is 24.3. The minimum atomic E-state index is -0.358. The summed E-state index contributed by atoms with van der Waals surface area (Å²) in [5, 5.41) is 11.6. The van der Waals surface area contributed by atoms with E-state index in [-0.39, 0.29) is 40.2 Å². The fourth-order valence-electron chi connectivity index (χ4n) is 9.85. The summed E-state index contributed by atoms with van der Waals surface area (Å²) in [6.45, 7) is 4.69. The summed E-state index contributed by atoms with van der Waals surface area (Å²) >= 11 is 0. The molecule has 0 bridgehead atoms. The maximum atomic E-state index is 12.2. The predicted octanol–water partition coefficient (Wildman–Crippen LogP) is 3.28. The SMILES string of the molecule is C[C@]12CCC(=O)C=C1[C@@H]1C[C@@H]1[C@@H]1[C@@H]2[C@H](O)C[C@@]2(C)[C@H]1[C@@H]1C[C@@H]1[C@@]21CCC(=O)O1. The highest BCUT2D eigenvalue weighted by atomic mass is 16.6. The third-order valence-electron chi connectivity index (χ3n) is 10.8. The highest BCUT2D eigenvalue weighted by molar-refractivity contribution is 5.92. The molecule has 0 amide bonds. The second kappa shape index (κ2) is 4.61. The molecule has 11 atom stereocenters. The topological polar surface area (TPSA) is 63.6 Å². The molecule has 6 fully saturated rings. The highest BCUT2D eigenvalue weighted by Crippen LogP contribution is 2.82. The van der Waals surface area contributed by atoms with Crippen molar-refractivity contribution in [1.82, 2.24) is 0 Å². The number of ketones is 1. The van der Waals surface area contributed by atoms with Gasteiger partial charge in [-0.3, -0.25) is 9.59 Å². The molecule has 0 unspecified atom stereocenters. The Kier molecular flexibility index (Phi) is 2.73. The first-order valence-corrected chi connectivity index (χ1v) is 11.4. The molecule has 0 aromatic rings. The van der Waals surface area contributed by atoms with Gasteiger partial charge in [0.25, 0.3) is 0 Å². The van der Waals surface area contributed by atoms with Gasteiger partial charge in [-0.25, -0.2) is 0 Å². The van der Waals surface area contributed by atoms with Crippen LogP contribution >= 0.6 is 0 Å². The second-order valence-corrected chi connectivity index (χ2v) is 11.7. The molecular formula is C24H30O4. The molecule has 5 saturated carbocycles. The molecule has 1 N–H and O–H groups in total. The molecule has 7 aliphatic rings. The van der Waals surface area contributed by atoms with Crippen molar-refractivity contribution in [2.45, 2.75) is 70.5 Å². The van der Waals surface area contributed by atoms with Crippen LogP contribution in [-0.2, 0) is 14.3 Å². The Morgan fingerprint density at radius 1 is 1.07 bits per heavy atom. The van der Waals surface area contributed by atoms with Crippen molar-refractivity contribution in [2.24, 2.45) is 52.3 Å². The minimum absolute atomic E-state index is 0.0243. The zero-order valence-electron chi connectivity index (χ0n) is 16.8. The second-order valence-electron chi connectivity index (χ2n) is 11.7. The molecule has 4 heteroatoms. The molecule has 0 radical (unpaired) electrons. The van der Waals surface area contributed by atoms with Crippen molar-refractivity contribution in [2.75, 3.05) is 0 Å². The molecule has 28 heavy (non-hydrogen) atoms. The molecule has 6 aliphatic carbocycles. The summed E-state index contributed by atoms with van der Waals surface area (Å²) in [7, 11) is 0. The van der Waals surface area contributed by atoms with Crippen LogP contribution in [0.4, 0.5) is 0 Å². The number of carbonyl (C=O) groups is 2.